The number of ether oxygens (including phenoxy) is 1. The summed E-state index contributed by atoms with van der Waals surface area (Å²) >= 11 is 4.71. The predicted molar refractivity (Wildman–Crippen MR) is 125 cm³/mol. The second-order valence-electron chi connectivity index (χ2n) is 6.35. The lowest BCUT2D eigenvalue weighted by atomic mass is 10.2. The average Bonchev–Trinajstić information content (AvgIpc) is 3.16. The first kappa shape index (κ1) is 22.8. The van der Waals surface area contributed by atoms with Crippen molar-refractivity contribution in [1.82, 2.24) is 14.8 Å². The lowest BCUT2D eigenvalue weighted by molar-refractivity contribution is -0.113. The molecule has 0 saturated carbocycles. The largest absolute Gasteiger partial charge is 0.462 e. The molecule has 0 saturated heterocycles. The van der Waals surface area contributed by atoms with Crippen LogP contribution in [0.4, 0.5) is 5.69 Å². The highest BCUT2D eigenvalue weighted by molar-refractivity contribution is 9.10. The van der Waals surface area contributed by atoms with Gasteiger partial charge in [0, 0.05) is 22.3 Å². The molecule has 0 bridgehead atoms. The Morgan fingerprint density at radius 1 is 1.23 bits per heavy atom. The highest BCUT2D eigenvalue weighted by Crippen LogP contribution is 2.25. The van der Waals surface area contributed by atoms with Crippen molar-refractivity contribution in [2.75, 3.05) is 17.7 Å². The smallest absolute Gasteiger partial charge is 0.338 e. The molecular formula is C22H21BrN4O3S. The van der Waals surface area contributed by atoms with Crippen LogP contribution in [0.25, 0.3) is 11.4 Å². The fourth-order valence-corrected chi connectivity index (χ4v) is 3.78. The minimum atomic E-state index is -0.425. The van der Waals surface area contributed by atoms with Crippen LogP contribution in [-0.4, -0.2) is 39.0 Å². The van der Waals surface area contributed by atoms with Crippen LogP contribution in [0.2, 0.25) is 0 Å². The van der Waals surface area contributed by atoms with Gasteiger partial charge in [0.1, 0.15) is 0 Å². The Balaban J connectivity index is 1.68. The molecule has 0 unspecified atom stereocenters. The maximum atomic E-state index is 12.4. The number of nitrogens with one attached hydrogen (secondary N) is 1. The Kier molecular flexibility index (Phi) is 8.02. The van der Waals surface area contributed by atoms with Gasteiger partial charge < -0.3 is 10.1 Å². The van der Waals surface area contributed by atoms with Crippen LogP contribution in [0.3, 0.4) is 0 Å². The van der Waals surface area contributed by atoms with E-state index >= 15 is 0 Å². The van der Waals surface area contributed by atoms with E-state index in [9.17, 15) is 9.59 Å². The minimum Gasteiger partial charge on any atom is -0.462 e. The van der Waals surface area contributed by atoms with E-state index in [2.05, 4.69) is 38.0 Å². The highest BCUT2D eigenvalue weighted by atomic mass is 79.9. The van der Waals surface area contributed by atoms with Gasteiger partial charge in [0.05, 0.1) is 17.9 Å². The zero-order valence-corrected chi connectivity index (χ0v) is 19.3. The van der Waals surface area contributed by atoms with Gasteiger partial charge in [0.25, 0.3) is 0 Å². The Labute approximate surface area is 193 Å². The number of hydrogen-bond donors (Lipinski definition) is 1. The number of rotatable bonds is 9. The summed E-state index contributed by atoms with van der Waals surface area (Å²) in [5.41, 5.74) is 1.83. The number of thioether (sulfide) groups is 1. The number of esters is 1. The van der Waals surface area contributed by atoms with E-state index in [0.717, 1.165) is 10.0 Å². The topological polar surface area (TPSA) is 86.1 Å². The molecule has 3 aromatic rings. The zero-order valence-electron chi connectivity index (χ0n) is 16.9. The molecule has 3 rings (SSSR count). The lowest BCUT2D eigenvalue weighted by Gasteiger charge is -2.09. The molecule has 31 heavy (non-hydrogen) atoms. The van der Waals surface area contributed by atoms with E-state index in [-0.39, 0.29) is 11.7 Å². The Hall–Kier alpha value is -2.91. The van der Waals surface area contributed by atoms with Crippen LogP contribution in [0.5, 0.6) is 0 Å². The van der Waals surface area contributed by atoms with Crippen molar-refractivity contribution in [2.24, 2.45) is 0 Å². The van der Waals surface area contributed by atoms with Crippen LogP contribution < -0.4 is 5.32 Å². The number of benzene rings is 2. The van der Waals surface area contributed by atoms with E-state index in [1.54, 1.807) is 37.3 Å². The van der Waals surface area contributed by atoms with Crippen LogP contribution in [0.1, 0.15) is 17.3 Å². The van der Waals surface area contributed by atoms with Gasteiger partial charge in [0.2, 0.25) is 5.91 Å². The fourth-order valence-electron chi connectivity index (χ4n) is 2.77. The summed E-state index contributed by atoms with van der Waals surface area (Å²) in [6.45, 7) is 6.36. The Bertz CT molecular complexity index is 1080. The summed E-state index contributed by atoms with van der Waals surface area (Å²) in [6.07, 6.45) is 1.76. The Morgan fingerprint density at radius 3 is 2.71 bits per heavy atom. The Morgan fingerprint density at radius 2 is 2.00 bits per heavy atom. The number of anilines is 1. The molecule has 0 fully saturated rings. The van der Waals surface area contributed by atoms with Gasteiger partial charge in [-0.1, -0.05) is 52.0 Å². The second kappa shape index (κ2) is 10.9. The molecule has 0 aliphatic heterocycles. The molecule has 0 radical (unpaired) electrons. The maximum Gasteiger partial charge on any atom is 0.338 e. The summed E-state index contributed by atoms with van der Waals surface area (Å²) in [5.74, 6) is 0.201. The number of carbonyl (C=O) groups is 2. The van der Waals surface area contributed by atoms with Crippen molar-refractivity contribution < 1.29 is 14.3 Å². The molecule has 0 spiro atoms. The van der Waals surface area contributed by atoms with E-state index in [0.29, 0.717) is 35.4 Å². The summed E-state index contributed by atoms with van der Waals surface area (Å²) in [4.78, 5) is 24.3. The normalized spacial score (nSPS) is 10.5. The molecule has 160 valence electrons. The van der Waals surface area contributed by atoms with E-state index in [1.807, 2.05) is 28.8 Å². The van der Waals surface area contributed by atoms with Gasteiger partial charge in [-0.2, -0.15) is 0 Å². The maximum absolute atomic E-state index is 12.4. The van der Waals surface area contributed by atoms with Crippen molar-refractivity contribution in [3.8, 4) is 11.4 Å². The van der Waals surface area contributed by atoms with Crippen molar-refractivity contribution in [2.45, 2.75) is 18.6 Å². The molecule has 0 atom stereocenters. The van der Waals surface area contributed by atoms with E-state index in [4.69, 9.17) is 4.74 Å². The quantitative estimate of drug-likeness (QED) is 0.258. The summed E-state index contributed by atoms with van der Waals surface area (Å²) in [6, 6.07) is 14.4. The van der Waals surface area contributed by atoms with Gasteiger partial charge in [0.15, 0.2) is 11.0 Å². The first-order valence-corrected chi connectivity index (χ1v) is 11.3. The second-order valence-corrected chi connectivity index (χ2v) is 8.21. The number of amides is 1. The first-order valence-electron chi connectivity index (χ1n) is 9.51. The van der Waals surface area contributed by atoms with Gasteiger partial charge in [-0.3, -0.25) is 9.36 Å². The number of aromatic nitrogens is 3. The number of hydrogen-bond acceptors (Lipinski definition) is 6. The summed E-state index contributed by atoms with van der Waals surface area (Å²) in [5, 5.41) is 12.0. The predicted octanol–water partition coefficient (Wildman–Crippen LogP) is 4.80. The van der Waals surface area contributed by atoms with Crippen molar-refractivity contribution in [3.05, 3.63) is 71.2 Å². The molecule has 2 aromatic carbocycles. The van der Waals surface area contributed by atoms with Crippen LogP contribution >= 0.6 is 27.7 Å². The van der Waals surface area contributed by atoms with E-state index in [1.165, 1.54) is 11.8 Å². The summed E-state index contributed by atoms with van der Waals surface area (Å²) in [7, 11) is 0. The first-order chi connectivity index (χ1) is 15.0. The third-order valence-corrected chi connectivity index (χ3v) is 5.62. The molecule has 0 aliphatic carbocycles. The molecule has 1 N–H and O–H groups in total. The lowest BCUT2D eigenvalue weighted by Crippen LogP contribution is -2.15. The fraction of sp³-hybridized carbons (Fsp3) is 0.182. The van der Waals surface area contributed by atoms with Gasteiger partial charge >= 0.3 is 5.97 Å². The minimum absolute atomic E-state index is 0.138. The van der Waals surface area contributed by atoms with E-state index < -0.39 is 5.97 Å². The van der Waals surface area contributed by atoms with Gasteiger partial charge in [-0.15, -0.1) is 16.8 Å². The van der Waals surface area contributed by atoms with Crippen molar-refractivity contribution in [3.63, 3.8) is 0 Å². The van der Waals surface area contributed by atoms with Crippen LogP contribution in [-0.2, 0) is 16.1 Å². The molecular weight excluding hydrogens is 480 g/mol. The standard InChI is InChI=1S/C22H21BrN4O3S/c1-3-12-27-20(15-8-10-17(23)11-9-15)25-26-22(27)31-14-19(28)24-18-7-5-6-16(13-18)21(29)30-4-2/h3,5-11,13H,1,4,12,14H2,2H3,(H,24,28). The number of nitrogens with zero attached hydrogens (tertiary/aromatic N) is 3. The number of allylic oxidation sites excluding steroid dienone is 1. The summed E-state index contributed by atoms with van der Waals surface area (Å²) < 4.78 is 7.88. The molecule has 9 heteroatoms. The van der Waals surface area contributed by atoms with Crippen molar-refractivity contribution in [1.29, 1.82) is 0 Å². The number of halogens is 1. The van der Waals surface area contributed by atoms with Gasteiger partial charge in [-0.25, -0.2) is 4.79 Å². The molecule has 1 aromatic heterocycles. The SMILES string of the molecule is C=CCn1c(SCC(=O)Nc2cccc(C(=O)OCC)c2)nnc1-c1ccc(Br)cc1. The molecule has 1 heterocycles. The van der Waals surface area contributed by atoms with Crippen LogP contribution in [0, 0.1) is 0 Å². The molecule has 0 aliphatic rings. The zero-order chi connectivity index (χ0) is 22.2. The molecule has 7 nitrogen and oxygen atoms in total. The van der Waals surface area contributed by atoms with Gasteiger partial charge in [-0.05, 0) is 37.3 Å². The number of carbonyl (C=O) groups excluding carboxylic acids is 2. The third-order valence-electron chi connectivity index (χ3n) is 4.12. The molecule has 1 amide bonds. The monoisotopic (exact) mass is 500 g/mol. The third kappa shape index (κ3) is 6.05. The van der Waals surface area contributed by atoms with Crippen molar-refractivity contribution >= 4 is 45.3 Å². The average molecular weight is 501 g/mol. The van der Waals surface area contributed by atoms with Crippen LogP contribution in [0.15, 0.2) is 70.8 Å². The highest BCUT2D eigenvalue weighted by Gasteiger charge is 2.15.